The van der Waals surface area contributed by atoms with Gasteiger partial charge in [0.1, 0.15) is 6.07 Å². The molecule has 0 saturated carbocycles. The molecule has 96 valence electrons. The normalized spacial score (nSPS) is 18.4. The topological polar surface area (TPSA) is 27.0 Å². The number of hydrogen-bond acceptors (Lipinski definition) is 2. The van der Waals surface area contributed by atoms with E-state index in [2.05, 4.69) is 46.8 Å². The summed E-state index contributed by atoms with van der Waals surface area (Å²) in [5, 5.41) is 9.20. The lowest BCUT2D eigenvalue weighted by Gasteiger charge is -2.40. The highest BCUT2D eigenvalue weighted by Gasteiger charge is 2.29. The molecule has 1 aromatic rings. The van der Waals surface area contributed by atoms with Crippen molar-refractivity contribution in [2.75, 3.05) is 18.0 Å². The van der Waals surface area contributed by atoms with E-state index in [4.69, 9.17) is 0 Å². The Bertz CT molecular complexity index is 468. The van der Waals surface area contributed by atoms with Crippen LogP contribution in [0, 0.1) is 16.7 Å². The Hall–Kier alpha value is -1.01. The molecule has 0 aromatic heterocycles. The van der Waals surface area contributed by atoms with Crippen LogP contribution in [0.3, 0.4) is 0 Å². The van der Waals surface area contributed by atoms with E-state index < -0.39 is 0 Å². The van der Waals surface area contributed by atoms with E-state index in [1.54, 1.807) is 0 Å². The average molecular weight is 307 g/mol. The largest absolute Gasteiger partial charge is 0.370 e. The van der Waals surface area contributed by atoms with Gasteiger partial charge in [0.2, 0.25) is 0 Å². The fourth-order valence-electron chi connectivity index (χ4n) is 2.50. The number of rotatable bonds is 2. The number of piperidine rings is 1. The van der Waals surface area contributed by atoms with Crippen LogP contribution < -0.4 is 4.90 Å². The molecule has 0 bridgehead atoms. The Morgan fingerprint density at radius 3 is 2.61 bits per heavy atom. The second-order valence-electron chi connectivity index (χ2n) is 5.42. The van der Waals surface area contributed by atoms with Gasteiger partial charge in [0, 0.05) is 17.6 Å². The lowest BCUT2D eigenvalue weighted by atomic mass is 9.78. The van der Waals surface area contributed by atoms with E-state index in [-0.39, 0.29) is 0 Å². The Labute approximate surface area is 118 Å². The van der Waals surface area contributed by atoms with Crippen LogP contribution in [0.4, 0.5) is 5.69 Å². The van der Waals surface area contributed by atoms with Crippen LogP contribution in [0.5, 0.6) is 0 Å². The van der Waals surface area contributed by atoms with Crippen molar-refractivity contribution in [2.24, 2.45) is 5.41 Å². The van der Waals surface area contributed by atoms with Crippen LogP contribution in [0.15, 0.2) is 22.7 Å². The number of nitriles is 1. The van der Waals surface area contributed by atoms with Gasteiger partial charge in [0.25, 0.3) is 0 Å². The highest BCUT2D eigenvalue weighted by molar-refractivity contribution is 9.10. The molecule has 2 nitrogen and oxygen atoms in total. The summed E-state index contributed by atoms with van der Waals surface area (Å²) in [7, 11) is 0. The van der Waals surface area contributed by atoms with Crippen molar-refractivity contribution in [2.45, 2.75) is 33.1 Å². The number of anilines is 1. The van der Waals surface area contributed by atoms with E-state index in [0.717, 1.165) is 28.8 Å². The molecule has 1 saturated heterocycles. The maximum absolute atomic E-state index is 9.20. The van der Waals surface area contributed by atoms with E-state index in [1.165, 1.54) is 19.3 Å². The zero-order chi connectivity index (χ0) is 13.2. The maximum atomic E-state index is 9.20. The minimum absolute atomic E-state index is 0.481. The number of hydrogen-bond donors (Lipinski definition) is 0. The molecule has 0 radical (unpaired) electrons. The third kappa shape index (κ3) is 2.70. The van der Waals surface area contributed by atoms with Crippen molar-refractivity contribution < 1.29 is 0 Å². The van der Waals surface area contributed by atoms with Crippen LogP contribution >= 0.6 is 15.9 Å². The Morgan fingerprint density at radius 2 is 2.06 bits per heavy atom. The van der Waals surface area contributed by atoms with E-state index >= 15 is 0 Å². The van der Waals surface area contributed by atoms with Crippen LogP contribution in [-0.2, 0) is 0 Å². The van der Waals surface area contributed by atoms with Crippen molar-refractivity contribution in [3.63, 3.8) is 0 Å². The monoisotopic (exact) mass is 306 g/mol. The van der Waals surface area contributed by atoms with Crippen molar-refractivity contribution in [3.05, 3.63) is 28.2 Å². The van der Waals surface area contributed by atoms with Crippen molar-refractivity contribution >= 4 is 21.6 Å². The van der Waals surface area contributed by atoms with E-state index in [9.17, 15) is 5.26 Å². The predicted molar refractivity (Wildman–Crippen MR) is 78.7 cm³/mol. The molecule has 0 aliphatic carbocycles. The molecular weight excluding hydrogens is 288 g/mol. The third-order valence-electron chi connectivity index (χ3n) is 4.25. The first-order valence-corrected chi connectivity index (χ1v) is 7.32. The lowest BCUT2D eigenvalue weighted by molar-refractivity contribution is 0.238. The summed E-state index contributed by atoms with van der Waals surface area (Å²) in [5.74, 6) is 0. The van der Waals surface area contributed by atoms with E-state index in [0.29, 0.717) is 5.41 Å². The summed E-state index contributed by atoms with van der Waals surface area (Å²) in [6.07, 6.45) is 3.66. The average Bonchev–Trinajstić information content (AvgIpc) is 2.39. The molecule has 1 aliphatic heterocycles. The number of nitrogens with zero attached hydrogens (tertiary/aromatic N) is 2. The zero-order valence-electron chi connectivity index (χ0n) is 11.0. The van der Waals surface area contributed by atoms with Gasteiger partial charge < -0.3 is 4.90 Å². The van der Waals surface area contributed by atoms with Gasteiger partial charge in [-0.15, -0.1) is 0 Å². The van der Waals surface area contributed by atoms with Crippen LogP contribution in [0.1, 0.15) is 38.7 Å². The molecule has 0 spiro atoms. The molecule has 1 heterocycles. The minimum Gasteiger partial charge on any atom is -0.370 e. The molecule has 3 heteroatoms. The Balaban J connectivity index is 2.20. The highest BCUT2D eigenvalue weighted by Crippen LogP contribution is 2.36. The van der Waals surface area contributed by atoms with Gasteiger partial charge >= 0.3 is 0 Å². The summed E-state index contributed by atoms with van der Waals surface area (Å²) in [6, 6.07) is 8.18. The summed E-state index contributed by atoms with van der Waals surface area (Å²) in [6.45, 7) is 6.75. The number of halogens is 1. The quantitative estimate of drug-likeness (QED) is 0.813. The van der Waals surface area contributed by atoms with Crippen LogP contribution in [0.2, 0.25) is 0 Å². The second kappa shape index (κ2) is 5.32. The van der Waals surface area contributed by atoms with Crippen molar-refractivity contribution in [3.8, 4) is 6.07 Å². The predicted octanol–water partition coefficient (Wildman–Crippen LogP) is 4.34. The van der Waals surface area contributed by atoms with Gasteiger partial charge in [0.15, 0.2) is 0 Å². The smallest absolute Gasteiger partial charge is 0.101 e. The zero-order valence-corrected chi connectivity index (χ0v) is 12.6. The minimum atomic E-state index is 0.481. The maximum Gasteiger partial charge on any atom is 0.101 e. The summed E-state index contributed by atoms with van der Waals surface area (Å²) in [5.41, 5.74) is 2.33. The molecule has 1 fully saturated rings. The van der Waals surface area contributed by atoms with Gasteiger partial charge in [-0.2, -0.15) is 5.26 Å². The van der Waals surface area contributed by atoms with Crippen LogP contribution in [-0.4, -0.2) is 13.1 Å². The fraction of sp³-hybridized carbons (Fsp3) is 0.533. The first-order chi connectivity index (χ1) is 8.58. The molecule has 18 heavy (non-hydrogen) atoms. The summed E-state index contributed by atoms with van der Waals surface area (Å²) < 4.78 is 1.04. The first-order valence-electron chi connectivity index (χ1n) is 6.52. The van der Waals surface area contributed by atoms with Gasteiger partial charge in [-0.3, -0.25) is 0 Å². The number of benzene rings is 1. The SMILES string of the molecule is CCC1(C)CCN(c2cc(Br)ccc2C#N)CC1. The molecule has 0 unspecified atom stereocenters. The van der Waals surface area contributed by atoms with Gasteiger partial charge in [-0.25, -0.2) is 0 Å². The summed E-state index contributed by atoms with van der Waals surface area (Å²) in [4.78, 5) is 2.35. The van der Waals surface area contributed by atoms with Crippen molar-refractivity contribution in [1.82, 2.24) is 0 Å². The lowest BCUT2D eigenvalue weighted by Crippen LogP contribution is -2.38. The molecular formula is C15H19BrN2. The molecule has 0 N–H and O–H groups in total. The second-order valence-corrected chi connectivity index (χ2v) is 6.34. The fourth-order valence-corrected chi connectivity index (χ4v) is 2.85. The van der Waals surface area contributed by atoms with Gasteiger partial charge in [-0.05, 0) is 36.5 Å². The first kappa shape index (κ1) is 13.4. The van der Waals surface area contributed by atoms with Crippen molar-refractivity contribution in [1.29, 1.82) is 5.26 Å². The standard InChI is InChI=1S/C15H19BrN2/c1-3-15(2)6-8-18(9-7-15)14-10-13(16)5-4-12(14)11-17/h4-5,10H,3,6-9H2,1-2H3. The van der Waals surface area contributed by atoms with Gasteiger partial charge in [0.05, 0.1) is 11.3 Å². The third-order valence-corrected chi connectivity index (χ3v) is 4.74. The summed E-state index contributed by atoms with van der Waals surface area (Å²) >= 11 is 3.49. The van der Waals surface area contributed by atoms with Gasteiger partial charge in [-0.1, -0.05) is 36.2 Å². The molecule has 1 aliphatic rings. The molecule has 2 rings (SSSR count). The molecule has 0 amide bonds. The Kier molecular flexibility index (Phi) is 3.97. The van der Waals surface area contributed by atoms with E-state index in [1.807, 2.05) is 12.1 Å². The van der Waals surface area contributed by atoms with Crippen LogP contribution in [0.25, 0.3) is 0 Å². The highest BCUT2D eigenvalue weighted by atomic mass is 79.9. The molecule has 1 aromatic carbocycles. The Morgan fingerprint density at radius 1 is 1.39 bits per heavy atom. The molecule has 0 atom stereocenters.